The van der Waals surface area contributed by atoms with E-state index in [4.69, 9.17) is 9.72 Å². The Balaban J connectivity index is 1.31. The maximum atomic E-state index is 12.8. The SMILES string of the molecule is Cc1ccc(OCC(=O)N2CCC[C@@H](c3nc4c(nnn4Cc4ccccc4)c(=O)[nH]3)C2)cc1. The van der Waals surface area contributed by atoms with Crippen molar-refractivity contribution in [2.45, 2.75) is 32.2 Å². The van der Waals surface area contributed by atoms with E-state index in [0.29, 0.717) is 36.9 Å². The first kappa shape index (κ1) is 21.8. The maximum Gasteiger partial charge on any atom is 0.281 e. The van der Waals surface area contributed by atoms with Crippen molar-refractivity contribution in [2.24, 2.45) is 0 Å². The molecule has 0 saturated carbocycles. The Bertz CT molecular complexity index is 1350. The van der Waals surface area contributed by atoms with Gasteiger partial charge in [-0.05, 0) is 37.5 Å². The van der Waals surface area contributed by atoms with Crippen LogP contribution in [0, 0.1) is 6.92 Å². The molecule has 1 fully saturated rings. The number of hydrogen-bond donors (Lipinski definition) is 1. The van der Waals surface area contributed by atoms with Crippen LogP contribution in [-0.2, 0) is 11.3 Å². The second-order valence-electron chi connectivity index (χ2n) is 8.64. The van der Waals surface area contributed by atoms with Crippen molar-refractivity contribution in [3.8, 4) is 5.75 Å². The van der Waals surface area contributed by atoms with Crippen molar-refractivity contribution in [3.05, 3.63) is 81.9 Å². The molecule has 4 aromatic rings. The van der Waals surface area contributed by atoms with Crippen molar-refractivity contribution in [2.75, 3.05) is 19.7 Å². The van der Waals surface area contributed by atoms with Crippen LogP contribution in [-0.4, -0.2) is 55.5 Å². The first-order chi connectivity index (χ1) is 16.6. The summed E-state index contributed by atoms with van der Waals surface area (Å²) in [6.07, 6.45) is 1.65. The van der Waals surface area contributed by atoms with E-state index < -0.39 is 0 Å². The molecule has 0 radical (unpaired) electrons. The molecule has 2 aromatic heterocycles. The molecule has 174 valence electrons. The molecule has 1 N–H and O–H groups in total. The van der Waals surface area contributed by atoms with E-state index in [9.17, 15) is 9.59 Å². The van der Waals surface area contributed by atoms with Crippen molar-refractivity contribution < 1.29 is 9.53 Å². The smallest absolute Gasteiger partial charge is 0.281 e. The van der Waals surface area contributed by atoms with Gasteiger partial charge in [0.2, 0.25) is 0 Å². The van der Waals surface area contributed by atoms with Gasteiger partial charge in [-0.25, -0.2) is 9.67 Å². The molecular weight excluding hydrogens is 432 g/mol. The lowest BCUT2D eigenvalue weighted by molar-refractivity contribution is -0.134. The van der Waals surface area contributed by atoms with Crippen molar-refractivity contribution in [3.63, 3.8) is 0 Å². The summed E-state index contributed by atoms with van der Waals surface area (Å²) >= 11 is 0. The van der Waals surface area contributed by atoms with E-state index in [1.54, 1.807) is 9.58 Å². The summed E-state index contributed by atoms with van der Waals surface area (Å²) < 4.78 is 7.31. The van der Waals surface area contributed by atoms with E-state index in [1.165, 1.54) is 0 Å². The Morgan fingerprint density at radius 2 is 1.94 bits per heavy atom. The Morgan fingerprint density at radius 1 is 1.15 bits per heavy atom. The van der Waals surface area contributed by atoms with Crippen LogP contribution in [0.25, 0.3) is 11.2 Å². The largest absolute Gasteiger partial charge is 0.484 e. The van der Waals surface area contributed by atoms with E-state index >= 15 is 0 Å². The summed E-state index contributed by atoms with van der Waals surface area (Å²) in [4.78, 5) is 34.9. The monoisotopic (exact) mass is 458 g/mol. The molecule has 34 heavy (non-hydrogen) atoms. The number of nitrogens with zero attached hydrogens (tertiary/aromatic N) is 5. The summed E-state index contributed by atoms with van der Waals surface area (Å²) in [5, 5.41) is 8.17. The number of carbonyl (C=O) groups is 1. The first-order valence-electron chi connectivity index (χ1n) is 11.4. The fraction of sp³-hybridized carbons (Fsp3) is 0.320. The normalized spacial score (nSPS) is 16.0. The van der Waals surface area contributed by atoms with Gasteiger partial charge in [0.25, 0.3) is 11.5 Å². The number of fused-ring (bicyclic) bond motifs is 1. The van der Waals surface area contributed by atoms with Gasteiger partial charge < -0.3 is 14.6 Å². The number of hydrogen-bond acceptors (Lipinski definition) is 6. The highest BCUT2D eigenvalue weighted by Crippen LogP contribution is 2.25. The highest BCUT2D eigenvalue weighted by molar-refractivity contribution is 5.78. The molecule has 1 aliphatic rings. The van der Waals surface area contributed by atoms with Crippen LogP contribution in [0.2, 0.25) is 0 Å². The topological polar surface area (TPSA) is 106 Å². The molecule has 0 aliphatic carbocycles. The summed E-state index contributed by atoms with van der Waals surface area (Å²) in [6, 6.07) is 17.5. The van der Waals surface area contributed by atoms with Gasteiger partial charge in [0.1, 0.15) is 11.6 Å². The zero-order valence-electron chi connectivity index (χ0n) is 19.0. The van der Waals surface area contributed by atoms with Crippen LogP contribution in [0.5, 0.6) is 5.75 Å². The van der Waals surface area contributed by atoms with Crippen LogP contribution in [0.4, 0.5) is 0 Å². The lowest BCUT2D eigenvalue weighted by Crippen LogP contribution is -2.42. The number of benzene rings is 2. The van der Waals surface area contributed by atoms with Gasteiger partial charge in [0.15, 0.2) is 17.8 Å². The molecule has 9 heteroatoms. The molecular formula is C25H26N6O3. The maximum absolute atomic E-state index is 12.8. The number of nitrogens with one attached hydrogen (secondary N) is 1. The molecule has 0 unspecified atom stereocenters. The molecule has 9 nitrogen and oxygen atoms in total. The number of aromatic nitrogens is 5. The average Bonchev–Trinajstić information content (AvgIpc) is 3.27. The predicted octanol–water partition coefficient (Wildman–Crippen LogP) is 2.66. The van der Waals surface area contributed by atoms with Crippen LogP contribution in [0.1, 0.15) is 35.7 Å². The van der Waals surface area contributed by atoms with Crippen molar-refractivity contribution in [1.29, 1.82) is 0 Å². The van der Waals surface area contributed by atoms with Gasteiger partial charge >= 0.3 is 0 Å². The van der Waals surface area contributed by atoms with Gasteiger partial charge in [-0.1, -0.05) is 53.2 Å². The van der Waals surface area contributed by atoms with E-state index in [0.717, 1.165) is 24.0 Å². The Hall–Kier alpha value is -4.01. The van der Waals surface area contributed by atoms with Crippen LogP contribution < -0.4 is 10.3 Å². The molecule has 5 rings (SSSR count). The molecule has 0 spiro atoms. The van der Waals surface area contributed by atoms with Crippen LogP contribution in [0.15, 0.2) is 59.4 Å². The third kappa shape index (κ3) is 4.68. The number of ether oxygens (including phenoxy) is 1. The van der Waals surface area contributed by atoms with Crippen LogP contribution in [0.3, 0.4) is 0 Å². The van der Waals surface area contributed by atoms with Gasteiger partial charge in [-0.15, -0.1) is 5.10 Å². The number of aromatic amines is 1. The second kappa shape index (κ2) is 9.46. The standard InChI is InChI=1S/C25H26N6O3/c1-17-9-11-20(12-10-17)34-16-21(32)30-13-5-8-19(15-30)23-26-24-22(25(33)27-23)28-29-31(24)14-18-6-3-2-4-7-18/h2-4,6-7,9-12,19H,5,8,13-16H2,1H3,(H,26,27,33)/t19-/m1/s1. The van der Waals surface area contributed by atoms with Gasteiger partial charge in [-0.2, -0.15) is 0 Å². The highest BCUT2D eigenvalue weighted by atomic mass is 16.5. The fourth-order valence-corrected chi connectivity index (χ4v) is 4.24. The molecule has 1 amide bonds. The number of amides is 1. The minimum atomic E-state index is -0.314. The molecule has 1 saturated heterocycles. The minimum absolute atomic E-state index is 0.0213. The summed E-state index contributed by atoms with van der Waals surface area (Å²) in [7, 11) is 0. The van der Waals surface area contributed by atoms with E-state index in [1.807, 2.05) is 61.5 Å². The zero-order chi connectivity index (χ0) is 23.5. The zero-order valence-corrected chi connectivity index (χ0v) is 19.0. The average molecular weight is 459 g/mol. The minimum Gasteiger partial charge on any atom is -0.484 e. The molecule has 0 bridgehead atoms. The fourth-order valence-electron chi connectivity index (χ4n) is 4.24. The first-order valence-corrected chi connectivity index (χ1v) is 11.4. The molecule has 3 heterocycles. The lowest BCUT2D eigenvalue weighted by Gasteiger charge is -2.32. The second-order valence-corrected chi connectivity index (χ2v) is 8.64. The molecule has 1 atom stereocenters. The number of carbonyl (C=O) groups excluding carboxylic acids is 1. The Kier molecular flexibility index (Phi) is 6.07. The molecule has 1 aliphatic heterocycles. The quantitative estimate of drug-likeness (QED) is 0.476. The van der Waals surface area contributed by atoms with Gasteiger partial charge in [0.05, 0.1) is 6.54 Å². The van der Waals surface area contributed by atoms with Gasteiger partial charge in [-0.3, -0.25) is 9.59 Å². The number of aryl methyl sites for hydroxylation is 1. The third-order valence-electron chi connectivity index (χ3n) is 6.11. The number of likely N-dealkylation sites (tertiary alicyclic amines) is 1. The lowest BCUT2D eigenvalue weighted by atomic mass is 9.97. The summed E-state index contributed by atoms with van der Waals surface area (Å²) in [6.45, 7) is 3.59. The van der Waals surface area contributed by atoms with Crippen molar-refractivity contribution in [1.82, 2.24) is 29.9 Å². The number of piperidine rings is 1. The predicted molar refractivity (Wildman–Crippen MR) is 127 cm³/mol. The van der Waals surface area contributed by atoms with E-state index in [2.05, 4.69) is 15.3 Å². The number of H-pyrrole nitrogens is 1. The van der Waals surface area contributed by atoms with E-state index in [-0.39, 0.29) is 29.5 Å². The van der Waals surface area contributed by atoms with Crippen molar-refractivity contribution >= 4 is 17.1 Å². The van der Waals surface area contributed by atoms with Gasteiger partial charge in [0, 0.05) is 19.0 Å². The summed E-state index contributed by atoms with van der Waals surface area (Å²) in [5.41, 5.74) is 2.53. The highest BCUT2D eigenvalue weighted by Gasteiger charge is 2.27. The third-order valence-corrected chi connectivity index (χ3v) is 6.11. The molecule has 2 aromatic carbocycles. The Labute approximate surface area is 196 Å². The van der Waals surface area contributed by atoms with Crippen LogP contribution >= 0.6 is 0 Å². The summed E-state index contributed by atoms with van der Waals surface area (Å²) in [5.74, 6) is 1.08. The number of rotatable bonds is 6. The Morgan fingerprint density at radius 3 is 2.74 bits per heavy atom.